The minimum atomic E-state index is -0.882. The summed E-state index contributed by atoms with van der Waals surface area (Å²) in [5.41, 5.74) is 0.608. The Labute approximate surface area is 118 Å². The first-order chi connectivity index (χ1) is 8.99. The minimum absolute atomic E-state index is 0.347. The summed E-state index contributed by atoms with van der Waals surface area (Å²) >= 11 is 1.25. The molecule has 0 saturated heterocycles. The van der Waals surface area contributed by atoms with E-state index in [4.69, 9.17) is 5.11 Å². The number of aromatic nitrogens is 1. The van der Waals surface area contributed by atoms with E-state index in [-0.39, 0.29) is 0 Å². The molecule has 2 N–H and O–H groups in total. The van der Waals surface area contributed by atoms with E-state index in [1.54, 1.807) is 6.92 Å². The van der Waals surface area contributed by atoms with Gasteiger partial charge in [-0.2, -0.15) is 0 Å². The Balaban J connectivity index is 2.10. The molecule has 106 valence electrons. The molecule has 0 spiro atoms. The number of aromatic carboxylic acids is 1. The topological polar surface area (TPSA) is 62.2 Å². The van der Waals surface area contributed by atoms with Crippen molar-refractivity contribution in [3.8, 4) is 0 Å². The summed E-state index contributed by atoms with van der Waals surface area (Å²) in [6.45, 7) is 6.28. The molecule has 19 heavy (non-hydrogen) atoms. The zero-order valence-electron chi connectivity index (χ0n) is 11.8. The van der Waals surface area contributed by atoms with Crippen molar-refractivity contribution in [2.75, 3.05) is 5.32 Å². The molecule has 0 aromatic carbocycles. The van der Waals surface area contributed by atoms with Crippen LogP contribution in [0.2, 0.25) is 0 Å². The second-order valence-corrected chi connectivity index (χ2v) is 6.68. The van der Waals surface area contributed by atoms with Gasteiger partial charge in [0.1, 0.15) is 4.88 Å². The molecule has 0 bridgehead atoms. The Morgan fingerprint density at radius 2 is 2.11 bits per heavy atom. The quantitative estimate of drug-likeness (QED) is 0.882. The molecule has 4 nitrogen and oxygen atoms in total. The molecule has 2 rings (SSSR count). The van der Waals surface area contributed by atoms with Crippen LogP contribution in [0, 0.1) is 18.8 Å². The molecule has 1 saturated carbocycles. The number of carboxylic acid groups (broad SMARTS) is 1. The van der Waals surface area contributed by atoms with Gasteiger partial charge in [-0.25, -0.2) is 9.78 Å². The smallest absolute Gasteiger partial charge is 0.347 e. The highest BCUT2D eigenvalue weighted by molar-refractivity contribution is 7.17. The number of nitrogens with zero attached hydrogens (tertiary/aromatic N) is 1. The van der Waals surface area contributed by atoms with Gasteiger partial charge in [0.15, 0.2) is 5.13 Å². The molecule has 0 amide bonds. The van der Waals surface area contributed by atoms with E-state index < -0.39 is 5.97 Å². The lowest BCUT2D eigenvalue weighted by Crippen LogP contribution is -2.35. The molecule has 2 unspecified atom stereocenters. The summed E-state index contributed by atoms with van der Waals surface area (Å²) in [5.74, 6) is 0.427. The summed E-state index contributed by atoms with van der Waals surface area (Å²) in [4.78, 5) is 15.7. The average molecular weight is 282 g/mol. The zero-order chi connectivity index (χ0) is 14.0. The SMILES string of the molecule is Cc1nc(NC2CCCCC2C(C)C)sc1C(=O)O. The van der Waals surface area contributed by atoms with E-state index in [0.29, 0.717) is 28.4 Å². The Morgan fingerprint density at radius 3 is 2.68 bits per heavy atom. The predicted molar refractivity (Wildman–Crippen MR) is 78.0 cm³/mol. The molecular formula is C14H22N2O2S. The Morgan fingerprint density at radius 1 is 1.42 bits per heavy atom. The molecule has 1 fully saturated rings. The van der Waals surface area contributed by atoms with Gasteiger partial charge >= 0.3 is 5.97 Å². The van der Waals surface area contributed by atoms with Crippen LogP contribution in [-0.2, 0) is 0 Å². The Bertz CT molecular complexity index is 456. The monoisotopic (exact) mass is 282 g/mol. The Hall–Kier alpha value is -1.10. The average Bonchev–Trinajstić information content (AvgIpc) is 2.71. The molecule has 2 atom stereocenters. The first kappa shape index (κ1) is 14.3. The van der Waals surface area contributed by atoms with Crippen LogP contribution in [0.4, 0.5) is 5.13 Å². The van der Waals surface area contributed by atoms with Crippen molar-refractivity contribution >= 4 is 22.4 Å². The van der Waals surface area contributed by atoms with Crippen molar-refractivity contribution in [3.63, 3.8) is 0 Å². The van der Waals surface area contributed by atoms with Crippen molar-refractivity contribution in [2.45, 2.75) is 52.5 Å². The highest BCUT2D eigenvalue weighted by Crippen LogP contribution is 2.33. The summed E-state index contributed by atoms with van der Waals surface area (Å²) in [7, 11) is 0. The minimum Gasteiger partial charge on any atom is -0.477 e. The molecular weight excluding hydrogens is 260 g/mol. The third-order valence-corrected chi connectivity index (χ3v) is 5.05. The zero-order valence-corrected chi connectivity index (χ0v) is 12.6. The van der Waals surface area contributed by atoms with Crippen molar-refractivity contribution in [1.29, 1.82) is 0 Å². The van der Waals surface area contributed by atoms with Crippen molar-refractivity contribution < 1.29 is 9.90 Å². The fraction of sp³-hybridized carbons (Fsp3) is 0.714. The second-order valence-electron chi connectivity index (χ2n) is 5.68. The third-order valence-electron chi connectivity index (χ3n) is 3.98. The van der Waals surface area contributed by atoms with Gasteiger partial charge in [0.25, 0.3) is 0 Å². The van der Waals surface area contributed by atoms with E-state index in [1.807, 2.05) is 0 Å². The lowest BCUT2D eigenvalue weighted by atomic mass is 9.78. The number of carboxylic acids is 1. The first-order valence-electron chi connectivity index (χ1n) is 6.96. The normalized spacial score (nSPS) is 23.6. The van der Waals surface area contributed by atoms with Crippen LogP contribution in [0.1, 0.15) is 54.9 Å². The molecule has 1 aliphatic carbocycles. The number of rotatable bonds is 4. The molecule has 0 aliphatic heterocycles. The molecule has 1 aliphatic rings. The van der Waals surface area contributed by atoms with Crippen LogP contribution in [-0.4, -0.2) is 22.1 Å². The van der Waals surface area contributed by atoms with Crippen LogP contribution in [0.3, 0.4) is 0 Å². The van der Waals surface area contributed by atoms with Crippen LogP contribution in [0.5, 0.6) is 0 Å². The van der Waals surface area contributed by atoms with Gasteiger partial charge in [0.05, 0.1) is 5.69 Å². The number of nitrogens with one attached hydrogen (secondary N) is 1. The fourth-order valence-corrected chi connectivity index (χ4v) is 3.82. The van der Waals surface area contributed by atoms with Crippen molar-refractivity contribution in [3.05, 3.63) is 10.6 Å². The standard InChI is InChI=1S/C14H22N2O2S/c1-8(2)10-6-4-5-7-11(10)16-14-15-9(3)12(19-14)13(17)18/h8,10-11H,4-7H2,1-3H3,(H,15,16)(H,17,18). The summed E-state index contributed by atoms with van der Waals surface area (Å²) in [5, 5.41) is 13.3. The van der Waals surface area contributed by atoms with Crippen LogP contribution < -0.4 is 5.32 Å². The number of aryl methyl sites for hydroxylation is 1. The van der Waals surface area contributed by atoms with E-state index in [2.05, 4.69) is 24.1 Å². The highest BCUT2D eigenvalue weighted by Gasteiger charge is 2.28. The third kappa shape index (κ3) is 3.26. The predicted octanol–water partition coefficient (Wildman–Crippen LogP) is 3.78. The van der Waals surface area contributed by atoms with E-state index >= 15 is 0 Å². The fourth-order valence-electron chi connectivity index (χ4n) is 2.95. The van der Waals surface area contributed by atoms with Crippen LogP contribution >= 0.6 is 11.3 Å². The maximum absolute atomic E-state index is 11.0. The van der Waals surface area contributed by atoms with Crippen LogP contribution in [0.15, 0.2) is 0 Å². The first-order valence-corrected chi connectivity index (χ1v) is 7.78. The number of thiazole rings is 1. The molecule has 5 heteroatoms. The number of carbonyl (C=O) groups is 1. The molecule has 1 heterocycles. The number of anilines is 1. The van der Waals surface area contributed by atoms with Crippen LogP contribution in [0.25, 0.3) is 0 Å². The molecule has 1 aromatic rings. The van der Waals surface area contributed by atoms with Gasteiger partial charge in [-0.1, -0.05) is 38.0 Å². The van der Waals surface area contributed by atoms with E-state index in [0.717, 1.165) is 11.6 Å². The largest absolute Gasteiger partial charge is 0.477 e. The molecule has 0 radical (unpaired) electrons. The summed E-state index contributed by atoms with van der Waals surface area (Å²) in [6, 6.07) is 0.431. The Kier molecular flexibility index (Phi) is 4.45. The highest BCUT2D eigenvalue weighted by atomic mass is 32.1. The van der Waals surface area contributed by atoms with Gasteiger partial charge in [-0.3, -0.25) is 0 Å². The number of hydrogen-bond donors (Lipinski definition) is 2. The van der Waals surface area contributed by atoms with Crippen molar-refractivity contribution in [1.82, 2.24) is 4.98 Å². The van der Waals surface area contributed by atoms with Crippen molar-refractivity contribution in [2.24, 2.45) is 11.8 Å². The van der Waals surface area contributed by atoms with E-state index in [1.165, 1.54) is 30.6 Å². The number of hydrogen-bond acceptors (Lipinski definition) is 4. The van der Waals surface area contributed by atoms with Gasteiger partial charge < -0.3 is 10.4 Å². The second kappa shape index (κ2) is 5.90. The van der Waals surface area contributed by atoms with Gasteiger partial charge in [-0.15, -0.1) is 0 Å². The maximum Gasteiger partial charge on any atom is 0.347 e. The van der Waals surface area contributed by atoms with Gasteiger partial charge in [-0.05, 0) is 31.6 Å². The maximum atomic E-state index is 11.0. The van der Waals surface area contributed by atoms with Gasteiger partial charge in [0, 0.05) is 6.04 Å². The summed E-state index contributed by atoms with van der Waals surface area (Å²) in [6.07, 6.45) is 4.96. The molecule has 1 aromatic heterocycles. The lowest BCUT2D eigenvalue weighted by Gasteiger charge is -2.34. The summed E-state index contributed by atoms with van der Waals surface area (Å²) < 4.78 is 0. The van der Waals surface area contributed by atoms with Gasteiger partial charge in [0.2, 0.25) is 0 Å². The lowest BCUT2D eigenvalue weighted by molar-refractivity contribution is 0.0701. The van der Waals surface area contributed by atoms with E-state index in [9.17, 15) is 4.79 Å².